The molecule has 1 saturated carbocycles. The van der Waals surface area contributed by atoms with Crippen molar-refractivity contribution in [1.29, 1.82) is 0 Å². The van der Waals surface area contributed by atoms with Crippen LogP contribution in [-0.4, -0.2) is 17.7 Å². The van der Waals surface area contributed by atoms with Gasteiger partial charge in [-0.2, -0.15) is 0 Å². The number of ketones is 1. The lowest BCUT2D eigenvalue weighted by atomic mass is 9.84. The molecule has 3 nitrogen and oxygen atoms in total. The molecule has 1 N–H and O–H groups in total. The average Bonchev–Trinajstić information content (AvgIpc) is 3.14. The lowest BCUT2D eigenvalue weighted by molar-refractivity contribution is -0.129. The normalized spacial score (nSPS) is 22.5. The van der Waals surface area contributed by atoms with Gasteiger partial charge in [0.15, 0.2) is 5.78 Å². The molecule has 0 heterocycles. The molecule has 2 rings (SSSR count). The van der Waals surface area contributed by atoms with Crippen LogP contribution < -0.4 is 5.32 Å². The Balaban J connectivity index is 2.01. The van der Waals surface area contributed by atoms with Gasteiger partial charge in [0.1, 0.15) is 0 Å². The summed E-state index contributed by atoms with van der Waals surface area (Å²) < 4.78 is 0. The van der Waals surface area contributed by atoms with Crippen LogP contribution in [0.1, 0.15) is 51.2 Å². The minimum Gasteiger partial charge on any atom is -0.346 e. The van der Waals surface area contributed by atoms with Crippen molar-refractivity contribution in [1.82, 2.24) is 5.32 Å². The van der Waals surface area contributed by atoms with E-state index in [1.165, 1.54) is 11.1 Å². The van der Waals surface area contributed by atoms with Gasteiger partial charge in [-0.15, -0.1) is 0 Å². The Morgan fingerprint density at radius 1 is 1.29 bits per heavy atom. The molecule has 0 spiro atoms. The third-order valence-electron chi connectivity index (χ3n) is 4.16. The highest BCUT2D eigenvalue weighted by Gasteiger charge is 2.45. The predicted octanol–water partition coefficient (Wildman–Crippen LogP) is 3.22. The van der Waals surface area contributed by atoms with Crippen molar-refractivity contribution in [3.63, 3.8) is 0 Å². The van der Waals surface area contributed by atoms with Gasteiger partial charge in [0.05, 0.1) is 6.04 Å². The number of nitrogens with one attached hydrogen (secondary N) is 1. The van der Waals surface area contributed by atoms with E-state index < -0.39 is 6.04 Å². The summed E-state index contributed by atoms with van der Waals surface area (Å²) in [4.78, 5) is 24.1. The molecule has 3 atom stereocenters. The average molecular weight is 287 g/mol. The molecule has 1 aliphatic rings. The van der Waals surface area contributed by atoms with Crippen molar-refractivity contribution < 1.29 is 9.59 Å². The lowest BCUT2D eigenvalue weighted by Gasteiger charge is -2.29. The molecular formula is C18H25NO2. The maximum Gasteiger partial charge on any atom is 0.224 e. The topological polar surface area (TPSA) is 46.2 Å². The number of amides is 1. The molecule has 1 unspecified atom stereocenters. The summed E-state index contributed by atoms with van der Waals surface area (Å²) in [5.41, 5.74) is 2.19. The molecule has 114 valence electrons. The number of carbonyl (C=O) groups excluding carboxylic acids is 2. The van der Waals surface area contributed by atoms with Crippen LogP contribution in [0.4, 0.5) is 0 Å². The van der Waals surface area contributed by atoms with E-state index in [1.54, 1.807) is 6.92 Å². The van der Waals surface area contributed by atoms with Gasteiger partial charge in [-0.3, -0.25) is 9.59 Å². The van der Waals surface area contributed by atoms with Gasteiger partial charge in [0.25, 0.3) is 0 Å². The quantitative estimate of drug-likeness (QED) is 0.924. The second-order valence-corrected chi connectivity index (χ2v) is 7.28. The smallest absolute Gasteiger partial charge is 0.224 e. The van der Waals surface area contributed by atoms with E-state index in [0.717, 1.165) is 6.42 Å². The standard InChI is InChI=1S/C18H25NO2/c1-11-7-6-8-13(9-11)14-10-15(14)17(21)19-16(12(2)20)18(3,4)5/h6-9,14-16H,10H2,1-5H3,(H,19,21)/t14?,15-,16-/m1/s1. The van der Waals surface area contributed by atoms with Crippen LogP contribution in [-0.2, 0) is 9.59 Å². The van der Waals surface area contributed by atoms with Crippen LogP contribution in [0, 0.1) is 18.3 Å². The van der Waals surface area contributed by atoms with Gasteiger partial charge >= 0.3 is 0 Å². The zero-order valence-electron chi connectivity index (χ0n) is 13.6. The van der Waals surface area contributed by atoms with Crippen LogP contribution in [0.3, 0.4) is 0 Å². The Morgan fingerprint density at radius 2 is 1.95 bits per heavy atom. The van der Waals surface area contributed by atoms with Crippen LogP contribution in [0.15, 0.2) is 24.3 Å². The highest BCUT2D eigenvalue weighted by molar-refractivity contribution is 5.90. The minimum absolute atomic E-state index is 0.0102. The van der Waals surface area contributed by atoms with Gasteiger partial charge in [0.2, 0.25) is 5.91 Å². The van der Waals surface area contributed by atoms with Gasteiger partial charge in [-0.05, 0) is 37.2 Å². The van der Waals surface area contributed by atoms with Crippen LogP contribution >= 0.6 is 0 Å². The molecule has 0 bridgehead atoms. The van der Waals surface area contributed by atoms with E-state index in [2.05, 4.69) is 30.4 Å². The summed E-state index contributed by atoms with van der Waals surface area (Å²) in [6, 6.07) is 7.91. The maximum atomic E-state index is 12.4. The third kappa shape index (κ3) is 3.72. The zero-order chi connectivity index (χ0) is 15.8. The van der Waals surface area contributed by atoms with Crippen LogP contribution in [0.25, 0.3) is 0 Å². The van der Waals surface area contributed by atoms with E-state index in [1.807, 2.05) is 26.8 Å². The first kappa shape index (κ1) is 15.7. The minimum atomic E-state index is -0.413. The zero-order valence-corrected chi connectivity index (χ0v) is 13.6. The highest BCUT2D eigenvalue weighted by Crippen LogP contribution is 2.47. The number of Topliss-reactive ketones (excluding diaryl/α,β-unsaturated/α-hetero) is 1. The summed E-state index contributed by atoms with van der Waals surface area (Å²) in [5, 5.41) is 2.94. The molecule has 0 saturated heterocycles. The van der Waals surface area contributed by atoms with Gasteiger partial charge in [-0.25, -0.2) is 0 Å². The second kappa shape index (κ2) is 5.63. The SMILES string of the molecule is CC(=O)[C@@H](NC(=O)[C@@H]1CC1c1cccc(C)c1)C(C)(C)C. The number of hydrogen-bond acceptors (Lipinski definition) is 2. The first-order valence-corrected chi connectivity index (χ1v) is 7.57. The lowest BCUT2D eigenvalue weighted by Crippen LogP contribution is -2.48. The van der Waals surface area contributed by atoms with Crippen molar-refractivity contribution in [3.8, 4) is 0 Å². The highest BCUT2D eigenvalue weighted by atomic mass is 16.2. The summed E-state index contributed by atoms with van der Waals surface area (Å²) in [5.74, 6) is 0.341. The first-order chi connectivity index (χ1) is 9.70. The Labute approximate surface area is 127 Å². The number of aryl methyl sites for hydroxylation is 1. The van der Waals surface area contributed by atoms with E-state index >= 15 is 0 Å². The van der Waals surface area contributed by atoms with Crippen LogP contribution in [0.5, 0.6) is 0 Å². The Hall–Kier alpha value is -1.64. The van der Waals surface area contributed by atoms with E-state index in [-0.39, 0.29) is 23.0 Å². The Bertz CT molecular complexity index is 557. The van der Waals surface area contributed by atoms with Crippen molar-refractivity contribution in [2.45, 2.75) is 53.0 Å². The molecule has 3 heteroatoms. The van der Waals surface area contributed by atoms with Crippen molar-refractivity contribution in [2.75, 3.05) is 0 Å². The van der Waals surface area contributed by atoms with Crippen molar-refractivity contribution in [3.05, 3.63) is 35.4 Å². The summed E-state index contributed by atoms with van der Waals surface area (Å²) >= 11 is 0. The first-order valence-electron chi connectivity index (χ1n) is 7.57. The van der Waals surface area contributed by atoms with Gasteiger partial charge in [0, 0.05) is 5.92 Å². The van der Waals surface area contributed by atoms with Crippen LogP contribution in [0.2, 0.25) is 0 Å². The maximum absolute atomic E-state index is 12.4. The molecule has 1 aliphatic carbocycles. The van der Waals surface area contributed by atoms with E-state index in [9.17, 15) is 9.59 Å². The fourth-order valence-corrected chi connectivity index (χ4v) is 2.93. The van der Waals surface area contributed by atoms with Gasteiger partial charge < -0.3 is 5.32 Å². The Kier molecular flexibility index (Phi) is 4.22. The second-order valence-electron chi connectivity index (χ2n) is 7.28. The fourth-order valence-electron chi connectivity index (χ4n) is 2.93. The van der Waals surface area contributed by atoms with Crippen molar-refractivity contribution >= 4 is 11.7 Å². The number of hydrogen-bond donors (Lipinski definition) is 1. The fraction of sp³-hybridized carbons (Fsp3) is 0.556. The van der Waals surface area contributed by atoms with E-state index in [4.69, 9.17) is 0 Å². The summed E-state index contributed by atoms with van der Waals surface area (Å²) in [7, 11) is 0. The number of benzene rings is 1. The predicted molar refractivity (Wildman–Crippen MR) is 84.1 cm³/mol. The number of carbonyl (C=O) groups is 2. The molecular weight excluding hydrogens is 262 g/mol. The summed E-state index contributed by atoms with van der Waals surface area (Å²) in [6.45, 7) is 9.53. The third-order valence-corrected chi connectivity index (χ3v) is 4.16. The Morgan fingerprint density at radius 3 is 2.48 bits per heavy atom. The molecule has 1 fully saturated rings. The molecule has 1 aromatic carbocycles. The molecule has 21 heavy (non-hydrogen) atoms. The van der Waals surface area contributed by atoms with Crippen molar-refractivity contribution in [2.24, 2.45) is 11.3 Å². The monoisotopic (exact) mass is 287 g/mol. The molecule has 0 radical (unpaired) electrons. The number of rotatable bonds is 4. The van der Waals surface area contributed by atoms with E-state index in [0.29, 0.717) is 5.92 Å². The molecule has 1 amide bonds. The molecule has 1 aromatic rings. The summed E-state index contributed by atoms with van der Waals surface area (Å²) in [6.07, 6.45) is 0.879. The van der Waals surface area contributed by atoms with Gasteiger partial charge in [-0.1, -0.05) is 50.6 Å². The largest absolute Gasteiger partial charge is 0.346 e. The molecule has 0 aromatic heterocycles. The molecule has 0 aliphatic heterocycles.